The Hall–Kier alpha value is -2.18. The van der Waals surface area contributed by atoms with Gasteiger partial charge in [-0.1, -0.05) is 48.5 Å². The van der Waals surface area contributed by atoms with Crippen LogP contribution in [0.25, 0.3) is 0 Å². The van der Waals surface area contributed by atoms with Gasteiger partial charge in [-0.2, -0.15) is 0 Å². The maximum absolute atomic E-state index is 12.3. The SMILES string of the molecule is CCNC(=NCC1CC(=O)Nc2ccccc21)NCCS(=O)(=O)NCc1ccccc1.I. The number of hydrogen-bond acceptors (Lipinski definition) is 4. The summed E-state index contributed by atoms with van der Waals surface area (Å²) in [4.78, 5) is 16.6. The minimum Gasteiger partial charge on any atom is -0.357 e. The third-order valence-electron chi connectivity index (χ3n) is 4.92. The first-order valence-electron chi connectivity index (χ1n) is 10.4. The molecule has 1 amide bonds. The lowest BCUT2D eigenvalue weighted by atomic mass is 9.91. The molecule has 1 aliphatic heterocycles. The van der Waals surface area contributed by atoms with Crippen molar-refractivity contribution in [2.24, 2.45) is 4.99 Å². The van der Waals surface area contributed by atoms with Gasteiger partial charge in [0.25, 0.3) is 0 Å². The minimum atomic E-state index is -3.42. The van der Waals surface area contributed by atoms with E-state index >= 15 is 0 Å². The highest BCUT2D eigenvalue weighted by Gasteiger charge is 2.24. The van der Waals surface area contributed by atoms with Gasteiger partial charge in [-0.25, -0.2) is 13.1 Å². The van der Waals surface area contributed by atoms with Crippen LogP contribution in [0.5, 0.6) is 0 Å². The number of aliphatic imine (C=N–C) groups is 1. The number of hydrogen-bond donors (Lipinski definition) is 4. The number of amides is 1. The monoisotopic (exact) mass is 571 g/mol. The fourth-order valence-corrected chi connectivity index (χ4v) is 4.27. The molecule has 4 N–H and O–H groups in total. The number of nitrogens with zero attached hydrogens (tertiary/aromatic N) is 1. The van der Waals surface area contributed by atoms with E-state index in [1.54, 1.807) is 0 Å². The molecule has 0 bridgehead atoms. The summed E-state index contributed by atoms with van der Waals surface area (Å²) >= 11 is 0. The lowest BCUT2D eigenvalue weighted by Crippen LogP contribution is -2.41. The van der Waals surface area contributed by atoms with E-state index in [2.05, 4.69) is 25.7 Å². The topological polar surface area (TPSA) is 112 Å². The number of guanidine groups is 1. The van der Waals surface area contributed by atoms with Gasteiger partial charge in [0.05, 0.1) is 12.3 Å². The summed E-state index contributed by atoms with van der Waals surface area (Å²) in [5.41, 5.74) is 2.80. The van der Waals surface area contributed by atoms with E-state index in [1.165, 1.54) is 0 Å². The lowest BCUT2D eigenvalue weighted by Gasteiger charge is -2.24. The van der Waals surface area contributed by atoms with Crippen molar-refractivity contribution in [2.45, 2.75) is 25.8 Å². The van der Waals surface area contributed by atoms with Crippen LogP contribution < -0.4 is 20.7 Å². The standard InChI is InChI=1S/C22H29N5O3S.HI/c1-2-23-22(24-12-13-31(29,30)26-15-17-8-4-3-5-9-17)25-16-18-14-21(28)27-20-11-7-6-10-19(18)20;/h3-11,18,26H,2,12-16H2,1H3,(H,27,28)(H2,23,24,25);1H. The maximum Gasteiger partial charge on any atom is 0.225 e. The van der Waals surface area contributed by atoms with Crippen molar-refractivity contribution in [1.82, 2.24) is 15.4 Å². The zero-order valence-corrected chi connectivity index (χ0v) is 21.2. The second kappa shape index (κ2) is 12.8. The van der Waals surface area contributed by atoms with Gasteiger partial charge in [0.2, 0.25) is 15.9 Å². The molecule has 174 valence electrons. The van der Waals surface area contributed by atoms with Crippen molar-refractivity contribution in [3.05, 3.63) is 65.7 Å². The quantitative estimate of drug-likeness (QED) is 0.210. The summed E-state index contributed by atoms with van der Waals surface area (Å²) in [6.07, 6.45) is 0.373. The van der Waals surface area contributed by atoms with E-state index < -0.39 is 10.0 Å². The molecule has 0 radical (unpaired) electrons. The van der Waals surface area contributed by atoms with E-state index in [9.17, 15) is 13.2 Å². The Kier molecular flexibility index (Phi) is 10.4. The van der Waals surface area contributed by atoms with E-state index in [0.717, 1.165) is 16.8 Å². The number of benzene rings is 2. The van der Waals surface area contributed by atoms with Crippen molar-refractivity contribution in [2.75, 3.05) is 30.7 Å². The number of sulfonamides is 1. The highest BCUT2D eigenvalue weighted by molar-refractivity contribution is 14.0. The van der Waals surface area contributed by atoms with Crippen LogP contribution in [0.15, 0.2) is 59.6 Å². The van der Waals surface area contributed by atoms with Crippen LogP contribution in [0.2, 0.25) is 0 Å². The van der Waals surface area contributed by atoms with E-state index in [0.29, 0.717) is 25.5 Å². The predicted molar refractivity (Wildman–Crippen MR) is 139 cm³/mol. The Morgan fingerprint density at radius 2 is 1.81 bits per heavy atom. The predicted octanol–water partition coefficient (Wildman–Crippen LogP) is 2.41. The molecule has 0 fully saturated rings. The van der Waals surface area contributed by atoms with E-state index in [1.807, 2.05) is 61.5 Å². The molecule has 1 heterocycles. The second-order valence-corrected chi connectivity index (χ2v) is 9.23. The number of carbonyl (C=O) groups excluding carboxylic acids is 1. The number of rotatable bonds is 9. The minimum absolute atomic E-state index is 0. The Bertz CT molecular complexity index is 1020. The highest BCUT2D eigenvalue weighted by atomic mass is 127. The molecular weight excluding hydrogens is 541 g/mol. The number of halogens is 1. The molecule has 0 spiro atoms. The smallest absolute Gasteiger partial charge is 0.225 e. The molecule has 0 saturated carbocycles. The van der Waals surface area contributed by atoms with Crippen LogP contribution in [-0.4, -0.2) is 45.7 Å². The molecule has 3 rings (SSSR count). The third kappa shape index (κ3) is 8.06. The average molecular weight is 571 g/mol. The van der Waals surface area contributed by atoms with Gasteiger partial charge in [-0.15, -0.1) is 24.0 Å². The number of anilines is 1. The average Bonchev–Trinajstić information content (AvgIpc) is 2.76. The van der Waals surface area contributed by atoms with Gasteiger partial charge >= 0.3 is 0 Å². The summed E-state index contributed by atoms with van der Waals surface area (Å²) in [7, 11) is -3.42. The molecule has 8 nitrogen and oxygen atoms in total. The molecule has 32 heavy (non-hydrogen) atoms. The third-order valence-corrected chi connectivity index (χ3v) is 6.25. The van der Waals surface area contributed by atoms with Gasteiger partial charge in [0, 0.05) is 37.7 Å². The molecule has 10 heteroatoms. The van der Waals surface area contributed by atoms with Gasteiger partial charge in [0.1, 0.15) is 0 Å². The first-order valence-corrected chi connectivity index (χ1v) is 12.0. The maximum atomic E-state index is 12.3. The van der Waals surface area contributed by atoms with Crippen LogP contribution in [0, 0.1) is 0 Å². The van der Waals surface area contributed by atoms with Crippen LogP contribution in [0.3, 0.4) is 0 Å². The summed E-state index contributed by atoms with van der Waals surface area (Å²) in [6, 6.07) is 17.1. The lowest BCUT2D eigenvalue weighted by molar-refractivity contribution is -0.116. The van der Waals surface area contributed by atoms with Gasteiger partial charge in [-0.3, -0.25) is 9.79 Å². The Morgan fingerprint density at radius 1 is 1.09 bits per heavy atom. The van der Waals surface area contributed by atoms with Crippen LogP contribution >= 0.6 is 24.0 Å². The first-order chi connectivity index (χ1) is 15.0. The largest absolute Gasteiger partial charge is 0.357 e. The summed E-state index contributed by atoms with van der Waals surface area (Å²) in [5.74, 6) is 0.423. The number of carbonyl (C=O) groups is 1. The van der Waals surface area contributed by atoms with Gasteiger partial charge < -0.3 is 16.0 Å². The molecule has 1 aliphatic rings. The van der Waals surface area contributed by atoms with Crippen LogP contribution in [-0.2, 0) is 21.4 Å². The second-order valence-electron chi connectivity index (χ2n) is 7.31. The Balaban J connectivity index is 0.00000363. The number of para-hydroxylation sites is 1. The first kappa shape index (κ1) is 26.1. The van der Waals surface area contributed by atoms with Crippen molar-refractivity contribution in [3.63, 3.8) is 0 Å². The zero-order chi connectivity index (χ0) is 22.1. The highest BCUT2D eigenvalue weighted by Crippen LogP contribution is 2.31. The van der Waals surface area contributed by atoms with Gasteiger partial charge in [0.15, 0.2) is 5.96 Å². The summed E-state index contributed by atoms with van der Waals surface area (Å²) in [6.45, 7) is 3.50. The molecule has 0 saturated heterocycles. The molecule has 2 aromatic carbocycles. The molecule has 0 aliphatic carbocycles. The fourth-order valence-electron chi connectivity index (χ4n) is 3.37. The van der Waals surface area contributed by atoms with Crippen molar-refractivity contribution in [3.8, 4) is 0 Å². The van der Waals surface area contributed by atoms with Crippen molar-refractivity contribution in [1.29, 1.82) is 0 Å². The van der Waals surface area contributed by atoms with Crippen LogP contribution in [0.4, 0.5) is 5.69 Å². The Labute approximate surface area is 206 Å². The fraction of sp³-hybridized carbons (Fsp3) is 0.364. The molecule has 0 aromatic heterocycles. The molecule has 2 aromatic rings. The van der Waals surface area contributed by atoms with E-state index in [-0.39, 0.29) is 54.6 Å². The molecule has 1 unspecified atom stereocenters. The van der Waals surface area contributed by atoms with E-state index in [4.69, 9.17) is 0 Å². The molecule has 1 atom stereocenters. The van der Waals surface area contributed by atoms with Crippen molar-refractivity contribution >= 4 is 51.6 Å². The Morgan fingerprint density at radius 3 is 2.56 bits per heavy atom. The zero-order valence-electron chi connectivity index (χ0n) is 18.0. The summed E-state index contributed by atoms with van der Waals surface area (Å²) in [5, 5.41) is 9.08. The van der Waals surface area contributed by atoms with Crippen LogP contribution in [0.1, 0.15) is 30.4 Å². The normalized spacial score (nSPS) is 15.8. The number of fused-ring (bicyclic) bond motifs is 1. The van der Waals surface area contributed by atoms with Gasteiger partial charge in [-0.05, 0) is 24.1 Å². The molecular formula is C22H30IN5O3S. The number of nitrogens with one attached hydrogen (secondary N) is 4. The van der Waals surface area contributed by atoms with Crippen molar-refractivity contribution < 1.29 is 13.2 Å². The summed E-state index contributed by atoms with van der Waals surface area (Å²) < 4.78 is 27.1.